The first-order valence-corrected chi connectivity index (χ1v) is 13.1. The van der Waals surface area contributed by atoms with Gasteiger partial charge in [0.1, 0.15) is 11.9 Å². The molecule has 0 unspecified atom stereocenters. The predicted octanol–water partition coefficient (Wildman–Crippen LogP) is 4.17. The van der Waals surface area contributed by atoms with Gasteiger partial charge in [0.15, 0.2) is 0 Å². The van der Waals surface area contributed by atoms with Gasteiger partial charge in [0.2, 0.25) is 5.91 Å². The van der Waals surface area contributed by atoms with Crippen LogP contribution in [0.15, 0.2) is 48.5 Å². The van der Waals surface area contributed by atoms with Crippen LogP contribution in [0.2, 0.25) is 5.02 Å². The number of nitrogens with zero attached hydrogens (tertiary/aromatic N) is 2. The monoisotopic (exact) mass is 650 g/mol. The molecule has 2 amide bonds. The number of terminal acetylenes is 1. The summed E-state index contributed by atoms with van der Waals surface area (Å²) in [5.74, 6) is -3.13. The Morgan fingerprint density at radius 1 is 1.04 bits per heavy atom. The number of carboxylic acid groups (broad SMARTS) is 3. The van der Waals surface area contributed by atoms with E-state index in [2.05, 4.69) is 21.5 Å². The first-order chi connectivity index (χ1) is 21.0. The van der Waals surface area contributed by atoms with Crippen LogP contribution in [0, 0.1) is 12.3 Å². The van der Waals surface area contributed by atoms with Gasteiger partial charge in [0.25, 0.3) is 5.91 Å². The van der Waals surface area contributed by atoms with Gasteiger partial charge >= 0.3 is 24.1 Å². The lowest BCUT2D eigenvalue weighted by Crippen LogP contribution is -2.41. The van der Waals surface area contributed by atoms with E-state index >= 15 is 0 Å². The van der Waals surface area contributed by atoms with Gasteiger partial charge in [-0.25, -0.2) is 14.6 Å². The number of rotatable bonds is 11. The van der Waals surface area contributed by atoms with Crippen molar-refractivity contribution in [2.75, 3.05) is 16.8 Å². The fourth-order valence-corrected chi connectivity index (χ4v) is 3.99. The molecule has 12 nitrogen and oxygen atoms in total. The molecule has 0 radical (unpaired) electrons. The SMILES string of the molecule is C#CCN(Cc1ccc2nc(NC(C)=O)cc(Cl)c2c1)c1ccc(C(=O)N[C@@H](CCC(=O)O)C(=O)O)cc1.O=C(O)C(F)(F)F. The van der Waals surface area contributed by atoms with Crippen molar-refractivity contribution in [2.45, 2.75) is 38.5 Å². The van der Waals surface area contributed by atoms with E-state index in [1.54, 1.807) is 24.3 Å². The van der Waals surface area contributed by atoms with Gasteiger partial charge in [-0.1, -0.05) is 23.6 Å². The zero-order valence-electron chi connectivity index (χ0n) is 23.4. The molecular formula is C29H26ClF3N4O8. The average Bonchev–Trinajstić information content (AvgIpc) is 2.94. The summed E-state index contributed by atoms with van der Waals surface area (Å²) < 4.78 is 31.7. The number of carbonyl (C=O) groups is 5. The van der Waals surface area contributed by atoms with E-state index in [1.807, 2.05) is 17.0 Å². The van der Waals surface area contributed by atoms with E-state index in [0.717, 1.165) is 11.3 Å². The molecular weight excluding hydrogens is 625 g/mol. The van der Waals surface area contributed by atoms with Crippen molar-refractivity contribution in [3.63, 3.8) is 0 Å². The lowest BCUT2D eigenvalue weighted by atomic mass is 10.1. The Hall–Kier alpha value is -5.36. The van der Waals surface area contributed by atoms with Crippen molar-refractivity contribution in [3.05, 3.63) is 64.7 Å². The number of carbonyl (C=O) groups excluding carboxylic acids is 2. The van der Waals surface area contributed by atoms with Crippen molar-refractivity contribution in [2.24, 2.45) is 0 Å². The maximum Gasteiger partial charge on any atom is 0.490 e. The summed E-state index contributed by atoms with van der Waals surface area (Å²) >= 11 is 6.43. The number of pyridine rings is 1. The van der Waals surface area contributed by atoms with Crippen molar-refractivity contribution in [1.29, 1.82) is 0 Å². The Kier molecular flexibility index (Phi) is 12.7. The molecule has 2 aromatic carbocycles. The van der Waals surface area contributed by atoms with Crippen molar-refractivity contribution < 1.29 is 52.5 Å². The molecule has 0 aliphatic heterocycles. The van der Waals surface area contributed by atoms with Gasteiger partial charge in [0.05, 0.1) is 17.1 Å². The zero-order valence-corrected chi connectivity index (χ0v) is 24.1. The van der Waals surface area contributed by atoms with Gasteiger partial charge in [-0.15, -0.1) is 6.42 Å². The number of aromatic nitrogens is 1. The van der Waals surface area contributed by atoms with E-state index in [9.17, 15) is 37.5 Å². The number of hydrogen-bond donors (Lipinski definition) is 5. The first kappa shape index (κ1) is 35.8. The van der Waals surface area contributed by atoms with Gasteiger partial charge in [-0.3, -0.25) is 14.4 Å². The lowest BCUT2D eigenvalue weighted by molar-refractivity contribution is -0.192. The molecule has 0 saturated carbocycles. The minimum absolute atomic E-state index is 0.217. The Bertz CT molecular complexity index is 1620. The van der Waals surface area contributed by atoms with Crippen molar-refractivity contribution in [3.8, 4) is 12.3 Å². The normalized spacial score (nSPS) is 11.3. The second-order valence-corrected chi connectivity index (χ2v) is 9.64. The lowest BCUT2D eigenvalue weighted by Gasteiger charge is -2.23. The fraction of sp³-hybridized carbons (Fsp3) is 0.241. The molecule has 0 spiro atoms. The third-order valence-electron chi connectivity index (χ3n) is 5.77. The molecule has 0 aliphatic carbocycles. The summed E-state index contributed by atoms with van der Waals surface area (Å²) in [5, 5.41) is 31.3. The molecule has 1 aromatic heterocycles. The van der Waals surface area contributed by atoms with E-state index in [-0.39, 0.29) is 30.9 Å². The summed E-state index contributed by atoms with van der Waals surface area (Å²) in [4.78, 5) is 61.2. The van der Waals surface area contributed by atoms with Crippen molar-refractivity contribution >= 4 is 63.7 Å². The fourth-order valence-electron chi connectivity index (χ4n) is 3.73. The van der Waals surface area contributed by atoms with Gasteiger partial charge < -0.3 is 30.9 Å². The van der Waals surface area contributed by atoms with E-state index in [1.165, 1.54) is 19.1 Å². The summed E-state index contributed by atoms with van der Waals surface area (Å²) in [6, 6.07) is 12.3. The molecule has 0 saturated heterocycles. The van der Waals surface area contributed by atoms with Gasteiger partial charge in [-0.05, 0) is 48.4 Å². The third-order valence-corrected chi connectivity index (χ3v) is 6.08. The summed E-state index contributed by atoms with van der Waals surface area (Å²) in [5.41, 5.74) is 2.46. The standard InChI is InChI=1S/C27H25ClN4O6.C2HF3O2/c1-3-12-32(15-17-4-9-22-20(13-17)21(28)14-24(30-22)29-16(2)33)19-7-5-18(6-8-19)26(36)31-23(27(37)38)10-11-25(34)35;3-2(4,5)1(6)7/h1,4-9,13-14,23H,10-12,15H2,2H3,(H,31,36)(H,34,35)(H,37,38)(H,29,30,33);(H,6,7)/t23-;/m0./s1. The number of hydrogen-bond acceptors (Lipinski definition) is 7. The van der Waals surface area contributed by atoms with Crippen LogP contribution < -0.4 is 15.5 Å². The summed E-state index contributed by atoms with van der Waals surface area (Å²) in [6.45, 7) is 2.08. The molecule has 1 heterocycles. The van der Waals surface area contributed by atoms with Crippen LogP contribution in [0.4, 0.5) is 24.7 Å². The highest BCUT2D eigenvalue weighted by molar-refractivity contribution is 6.35. The number of alkyl halides is 3. The molecule has 3 aromatic rings. The molecule has 5 N–H and O–H groups in total. The molecule has 45 heavy (non-hydrogen) atoms. The first-order valence-electron chi connectivity index (χ1n) is 12.7. The topological polar surface area (TPSA) is 186 Å². The second-order valence-electron chi connectivity index (χ2n) is 9.23. The van der Waals surface area contributed by atoms with E-state index in [4.69, 9.17) is 33.0 Å². The molecule has 3 rings (SSSR count). The maximum absolute atomic E-state index is 12.5. The number of halogens is 4. The summed E-state index contributed by atoms with van der Waals surface area (Å²) in [6.07, 6.45) is -0.117. The number of fused-ring (bicyclic) bond motifs is 1. The predicted molar refractivity (Wildman–Crippen MR) is 157 cm³/mol. The number of benzene rings is 2. The Labute approximate surface area is 258 Å². The third kappa shape index (κ3) is 11.3. The van der Waals surface area contributed by atoms with Crippen molar-refractivity contribution in [1.82, 2.24) is 10.3 Å². The van der Waals surface area contributed by atoms with Crippen LogP contribution in [-0.2, 0) is 25.7 Å². The summed E-state index contributed by atoms with van der Waals surface area (Å²) in [7, 11) is 0. The second kappa shape index (κ2) is 15.9. The highest BCUT2D eigenvalue weighted by Gasteiger charge is 2.38. The van der Waals surface area contributed by atoms with Crippen LogP contribution in [0.3, 0.4) is 0 Å². The van der Waals surface area contributed by atoms with Crippen LogP contribution >= 0.6 is 11.6 Å². The van der Waals surface area contributed by atoms with Gasteiger partial charge in [0, 0.05) is 42.6 Å². The van der Waals surface area contributed by atoms with Crippen LogP contribution in [0.1, 0.15) is 35.7 Å². The maximum atomic E-state index is 12.5. The molecule has 238 valence electrons. The van der Waals surface area contributed by atoms with Crippen LogP contribution in [0.5, 0.6) is 0 Å². The number of anilines is 2. The number of carboxylic acids is 3. The molecule has 0 fully saturated rings. The minimum Gasteiger partial charge on any atom is -0.481 e. The quantitative estimate of drug-likeness (QED) is 0.189. The molecule has 0 aliphatic rings. The highest BCUT2D eigenvalue weighted by atomic mass is 35.5. The Morgan fingerprint density at radius 3 is 2.18 bits per heavy atom. The zero-order chi connectivity index (χ0) is 33.9. The van der Waals surface area contributed by atoms with E-state index in [0.29, 0.717) is 28.3 Å². The largest absolute Gasteiger partial charge is 0.490 e. The molecule has 0 bridgehead atoms. The molecule has 1 atom stereocenters. The number of aliphatic carboxylic acids is 3. The molecule has 16 heteroatoms. The highest BCUT2D eigenvalue weighted by Crippen LogP contribution is 2.27. The smallest absolute Gasteiger partial charge is 0.481 e. The van der Waals surface area contributed by atoms with E-state index < -0.39 is 36.0 Å². The minimum atomic E-state index is -5.08. The Balaban J connectivity index is 0.000000900. The van der Waals surface area contributed by atoms with Crippen LogP contribution in [0.25, 0.3) is 10.9 Å². The number of nitrogens with one attached hydrogen (secondary N) is 2. The Morgan fingerprint density at radius 2 is 1.67 bits per heavy atom. The average molecular weight is 651 g/mol. The number of amides is 2. The van der Waals surface area contributed by atoms with Crippen LogP contribution in [-0.4, -0.2) is 68.8 Å². The van der Waals surface area contributed by atoms with Gasteiger partial charge in [-0.2, -0.15) is 13.2 Å².